The Kier molecular flexibility index (Phi) is 11.1. The summed E-state index contributed by atoms with van der Waals surface area (Å²) in [5.74, 6) is -3.61. The van der Waals surface area contributed by atoms with E-state index in [2.05, 4.69) is 20.6 Å². The first-order valence-electron chi connectivity index (χ1n) is 17.2. The lowest BCUT2D eigenvalue weighted by Gasteiger charge is -2.22. The predicted molar refractivity (Wildman–Crippen MR) is 199 cm³/mol. The highest BCUT2D eigenvalue weighted by molar-refractivity contribution is 6.19. The van der Waals surface area contributed by atoms with Crippen molar-refractivity contribution >= 4 is 64.1 Å². The van der Waals surface area contributed by atoms with Crippen molar-refractivity contribution in [1.29, 1.82) is 0 Å². The lowest BCUT2D eigenvalue weighted by Crippen LogP contribution is -2.24. The van der Waals surface area contributed by atoms with E-state index < -0.39 is 41.6 Å². The van der Waals surface area contributed by atoms with Gasteiger partial charge in [-0.25, -0.2) is 24.4 Å². The second-order valence-electron chi connectivity index (χ2n) is 12.4. The van der Waals surface area contributed by atoms with Crippen molar-refractivity contribution in [3.8, 4) is 0 Å². The third-order valence-electron chi connectivity index (χ3n) is 8.65. The van der Waals surface area contributed by atoms with E-state index in [0.717, 1.165) is 0 Å². The average molecular weight is 727 g/mol. The summed E-state index contributed by atoms with van der Waals surface area (Å²) in [6.07, 6.45) is 12.8. The molecule has 2 aromatic carbocycles. The number of anilines is 2. The Morgan fingerprint density at radius 2 is 1.09 bits per heavy atom. The van der Waals surface area contributed by atoms with Crippen molar-refractivity contribution in [2.24, 2.45) is 21.8 Å². The second-order valence-corrected chi connectivity index (χ2v) is 12.4. The minimum absolute atomic E-state index is 0.0956. The number of nitrogens with one attached hydrogen (secondary N) is 2. The van der Waals surface area contributed by atoms with E-state index in [0.29, 0.717) is 33.7 Å². The Labute approximate surface area is 309 Å². The minimum Gasteiger partial charge on any atom is -0.463 e. The van der Waals surface area contributed by atoms with Crippen molar-refractivity contribution in [2.45, 2.75) is 26.7 Å². The van der Waals surface area contributed by atoms with E-state index in [9.17, 15) is 33.6 Å². The summed E-state index contributed by atoms with van der Waals surface area (Å²) >= 11 is 0. The Balaban J connectivity index is 1.07. The number of ketones is 2. The fourth-order valence-electron chi connectivity index (χ4n) is 6.13. The molecule has 0 aliphatic heterocycles. The number of allylic oxidation sites excluding steroid dienone is 10. The van der Waals surface area contributed by atoms with Crippen LogP contribution in [0.4, 0.5) is 16.2 Å². The molecule has 13 nitrogen and oxygen atoms in total. The molecule has 0 radical (unpaired) electrons. The molecule has 2 N–H and O–H groups in total. The van der Waals surface area contributed by atoms with E-state index >= 15 is 0 Å². The summed E-state index contributed by atoms with van der Waals surface area (Å²) in [5, 5.41) is 5.31. The molecule has 2 aromatic rings. The third-order valence-corrected chi connectivity index (χ3v) is 8.65. The number of benzene rings is 2. The number of fused-ring (bicyclic) bond motifs is 2. The number of carbonyl (C=O) groups excluding carboxylic acids is 7. The zero-order valence-electron chi connectivity index (χ0n) is 29.3. The van der Waals surface area contributed by atoms with E-state index in [1.54, 1.807) is 74.6 Å². The van der Waals surface area contributed by atoms with Gasteiger partial charge in [-0.05, 0) is 74.5 Å². The minimum atomic E-state index is -0.643. The van der Waals surface area contributed by atoms with Gasteiger partial charge < -0.3 is 20.1 Å². The van der Waals surface area contributed by atoms with E-state index in [4.69, 9.17) is 9.47 Å². The van der Waals surface area contributed by atoms with Gasteiger partial charge in [0.25, 0.3) is 11.8 Å². The van der Waals surface area contributed by atoms with E-state index in [1.165, 1.54) is 36.4 Å². The van der Waals surface area contributed by atoms with Crippen molar-refractivity contribution < 1.29 is 43.0 Å². The van der Waals surface area contributed by atoms with Crippen LogP contribution in [0.25, 0.3) is 0 Å². The molecule has 0 heterocycles. The van der Waals surface area contributed by atoms with Crippen molar-refractivity contribution in [3.05, 3.63) is 131 Å². The van der Waals surface area contributed by atoms with Gasteiger partial charge in [0.15, 0.2) is 11.6 Å². The summed E-state index contributed by atoms with van der Waals surface area (Å²) in [4.78, 5) is 97.1. The Morgan fingerprint density at radius 1 is 0.667 bits per heavy atom. The van der Waals surface area contributed by atoms with Gasteiger partial charge in [-0.2, -0.15) is 0 Å². The fourth-order valence-corrected chi connectivity index (χ4v) is 6.13. The Bertz CT molecular complexity index is 2090. The van der Waals surface area contributed by atoms with Crippen LogP contribution < -0.4 is 10.6 Å². The standard InChI is InChI=1S/C41H34N4O9/c1-3-53-39(50)27-15-23-11-13-31(21-33(23)35(46)19-27)42-37(48)25-7-5-9-29(17-25)44-41(52)45-30-10-6-8-26(18-30)38(49)43-32-14-12-24-16-28(40(51)54-4-2)20-36(47)34(24)22-32/h5-18,21-24H,3-4,19-20H2,1-2H3,(H2,44,45,52). The number of Topliss-reactive ketones (excluding diaryl/α,β-unsaturated/α-hetero) is 2. The van der Waals surface area contributed by atoms with Gasteiger partial charge in [-0.15, -0.1) is 0 Å². The molecule has 54 heavy (non-hydrogen) atoms. The number of amides is 4. The van der Waals surface area contributed by atoms with Crippen molar-refractivity contribution in [1.82, 2.24) is 0 Å². The van der Waals surface area contributed by atoms with Gasteiger partial charge in [0, 0.05) is 69.5 Å². The molecular formula is C41H34N4O9. The van der Waals surface area contributed by atoms with Crippen LogP contribution >= 0.6 is 0 Å². The fraction of sp³-hybridized carbons (Fsp3) is 0.195. The number of hydrogen-bond donors (Lipinski definition) is 2. The number of carbonyl (C=O) groups is 7. The summed E-state index contributed by atoms with van der Waals surface area (Å²) in [6, 6.07) is 11.7. The average Bonchev–Trinajstić information content (AvgIpc) is 3.15. The van der Waals surface area contributed by atoms with Gasteiger partial charge in [0.2, 0.25) is 0 Å². The van der Waals surface area contributed by atoms with Gasteiger partial charge in [0.05, 0.1) is 24.6 Å². The molecule has 272 valence electrons. The zero-order valence-corrected chi connectivity index (χ0v) is 29.3. The van der Waals surface area contributed by atoms with Crippen LogP contribution in [0, 0.1) is 11.8 Å². The van der Waals surface area contributed by atoms with Crippen LogP contribution in [0.2, 0.25) is 0 Å². The summed E-state index contributed by atoms with van der Waals surface area (Å²) in [5.41, 5.74) is 2.94. The molecule has 0 fully saturated rings. The molecule has 13 heteroatoms. The maximum Gasteiger partial charge on any atom is 0.334 e. The van der Waals surface area contributed by atoms with Crippen LogP contribution in [0.3, 0.4) is 0 Å². The van der Waals surface area contributed by atoms with Crippen LogP contribution in [0.5, 0.6) is 0 Å². The molecule has 2 unspecified atom stereocenters. The molecule has 0 spiro atoms. The lowest BCUT2D eigenvalue weighted by molar-refractivity contribution is -0.140. The normalized spacial score (nSPS) is 20.1. The number of rotatable bonds is 8. The highest BCUT2D eigenvalue weighted by Gasteiger charge is 2.31. The number of ether oxygens (including phenoxy) is 2. The van der Waals surface area contributed by atoms with Gasteiger partial charge in [0.1, 0.15) is 0 Å². The largest absolute Gasteiger partial charge is 0.463 e. The lowest BCUT2D eigenvalue weighted by atomic mass is 9.81. The molecule has 0 saturated heterocycles. The molecule has 0 aromatic heterocycles. The predicted octanol–water partition coefficient (Wildman–Crippen LogP) is 5.64. The van der Waals surface area contributed by atoms with E-state index in [1.807, 2.05) is 0 Å². The molecule has 0 saturated carbocycles. The second kappa shape index (κ2) is 16.2. The monoisotopic (exact) mass is 726 g/mol. The van der Waals surface area contributed by atoms with Gasteiger partial charge in [-0.1, -0.05) is 36.4 Å². The highest BCUT2D eigenvalue weighted by Crippen LogP contribution is 2.31. The smallest absolute Gasteiger partial charge is 0.334 e. The van der Waals surface area contributed by atoms with Crippen LogP contribution in [-0.4, -0.2) is 66.0 Å². The van der Waals surface area contributed by atoms with Crippen LogP contribution in [0.1, 0.15) is 47.4 Å². The third kappa shape index (κ3) is 8.59. The van der Waals surface area contributed by atoms with Crippen molar-refractivity contribution in [2.75, 3.05) is 23.8 Å². The molecule has 6 rings (SSSR count). The zero-order chi connectivity index (χ0) is 38.4. The number of hydrogen-bond acceptors (Lipinski definition) is 9. The first kappa shape index (κ1) is 36.9. The topological polar surface area (TPSA) is 187 Å². The molecule has 4 amide bonds. The van der Waals surface area contributed by atoms with Crippen molar-refractivity contribution in [3.63, 3.8) is 0 Å². The van der Waals surface area contributed by atoms with Gasteiger partial charge in [-0.3, -0.25) is 19.2 Å². The number of nitrogens with zero attached hydrogens (tertiary/aromatic N) is 2. The van der Waals surface area contributed by atoms with Gasteiger partial charge >= 0.3 is 18.0 Å². The maximum atomic E-state index is 13.1. The molecule has 4 aliphatic rings. The molecule has 4 aliphatic carbocycles. The first-order valence-corrected chi connectivity index (χ1v) is 17.2. The SMILES string of the molecule is CCOC(=O)C1=CC2C=CC(=NC(=O)c3cccc(NC(=O)Nc4cccc(C(=O)N=C5C=CC6C=C(C(=O)OCC)CC(=O)C6=C5)c4)c3)C=C2C(=O)C1. The number of urea groups is 1. The molecular weight excluding hydrogens is 692 g/mol. The van der Waals surface area contributed by atoms with Crippen LogP contribution in [0.15, 0.2) is 129 Å². The van der Waals surface area contributed by atoms with E-state index in [-0.39, 0.29) is 60.2 Å². The highest BCUT2D eigenvalue weighted by atomic mass is 16.5. The van der Waals surface area contributed by atoms with Crippen LogP contribution in [-0.2, 0) is 28.7 Å². The quantitative estimate of drug-likeness (QED) is 0.325. The number of esters is 2. The molecule has 0 bridgehead atoms. The first-order chi connectivity index (χ1) is 26.0. The summed E-state index contributed by atoms with van der Waals surface area (Å²) < 4.78 is 10.0. The molecule has 2 atom stereocenters. The Morgan fingerprint density at radius 3 is 1.50 bits per heavy atom. The summed E-state index contributed by atoms with van der Waals surface area (Å²) in [6.45, 7) is 3.78. The summed E-state index contributed by atoms with van der Waals surface area (Å²) in [7, 11) is 0. The maximum absolute atomic E-state index is 13.1. The number of aliphatic imine (C=N–C) groups is 2. The Hall–Kier alpha value is -6.89.